The molecule has 4 N–H and O–H groups in total. The largest absolute Gasteiger partial charge is 0.383 e. The fourth-order valence-corrected chi connectivity index (χ4v) is 5.65. The van der Waals surface area contributed by atoms with Gasteiger partial charge in [0.2, 0.25) is 5.79 Å². The normalized spacial score (nSPS) is 50.4. The molecule has 2 aliphatic carbocycles. The maximum Gasteiger partial charge on any atom is 0.207 e. The predicted molar refractivity (Wildman–Crippen MR) is 90.1 cm³/mol. The number of halogens is 2. The number of aliphatic hydroxyl groups is 4. The summed E-state index contributed by atoms with van der Waals surface area (Å²) in [5, 5.41) is 44.4. The minimum Gasteiger partial charge on any atom is -0.383 e. The standard InChI is InChI=1S/C16H27Cl2NO5/c1-11(2)13(20)10(9-19(7-5-17)8-6-18)24-16(23)12(3,4)15(16,22)14(11,13)21/h10,20-23H,5-9H2,1-4H3/t10-,13-,14+,15-,16+/m1/s1. The summed E-state index contributed by atoms with van der Waals surface area (Å²) in [6, 6.07) is 0. The van der Waals surface area contributed by atoms with Gasteiger partial charge in [-0.25, -0.2) is 0 Å². The van der Waals surface area contributed by atoms with Gasteiger partial charge < -0.3 is 25.2 Å². The second-order valence-corrected chi connectivity index (χ2v) is 9.12. The van der Waals surface area contributed by atoms with Gasteiger partial charge in [0.1, 0.15) is 17.3 Å². The Hall–Kier alpha value is 0.340. The molecule has 5 atom stereocenters. The molecule has 0 spiro atoms. The van der Waals surface area contributed by atoms with Gasteiger partial charge in [-0.05, 0) is 0 Å². The van der Waals surface area contributed by atoms with Crippen molar-refractivity contribution >= 4 is 23.2 Å². The third kappa shape index (κ3) is 1.58. The molecule has 24 heavy (non-hydrogen) atoms. The molecule has 0 bridgehead atoms. The molecule has 6 nitrogen and oxygen atoms in total. The molecular weight excluding hydrogens is 357 g/mol. The van der Waals surface area contributed by atoms with Crippen LogP contribution in [0.15, 0.2) is 0 Å². The van der Waals surface area contributed by atoms with E-state index in [-0.39, 0.29) is 6.54 Å². The monoisotopic (exact) mass is 383 g/mol. The van der Waals surface area contributed by atoms with E-state index in [1.807, 2.05) is 4.90 Å². The molecule has 0 aromatic heterocycles. The fourth-order valence-electron chi connectivity index (χ4n) is 5.17. The van der Waals surface area contributed by atoms with E-state index in [0.717, 1.165) is 0 Å². The van der Waals surface area contributed by atoms with Crippen LogP contribution in [0.1, 0.15) is 27.7 Å². The Kier molecular flexibility index (Phi) is 3.97. The number of fused-ring (bicyclic) bond motifs is 3. The van der Waals surface area contributed by atoms with Gasteiger partial charge in [-0.2, -0.15) is 0 Å². The Balaban J connectivity index is 1.97. The smallest absolute Gasteiger partial charge is 0.207 e. The van der Waals surface area contributed by atoms with Gasteiger partial charge in [-0.15, -0.1) is 23.2 Å². The molecule has 3 fully saturated rings. The van der Waals surface area contributed by atoms with Crippen LogP contribution in [0, 0.1) is 10.8 Å². The quantitative estimate of drug-likeness (QED) is 0.487. The SMILES string of the molecule is CC1(C)[C@@]2(O)[C@]3(O)C(C)(C)[C@]3(O)[C@@H](CN(CCCl)CCCl)O[C@@]12O. The van der Waals surface area contributed by atoms with Crippen LogP contribution in [0.3, 0.4) is 0 Å². The van der Waals surface area contributed by atoms with Crippen LogP contribution in [0.25, 0.3) is 0 Å². The van der Waals surface area contributed by atoms with Crippen LogP contribution in [-0.4, -0.2) is 85.4 Å². The highest BCUT2D eigenvalue weighted by molar-refractivity contribution is 6.18. The fraction of sp³-hybridized carbons (Fsp3) is 1.00. The Morgan fingerprint density at radius 1 is 0.875 bits per heavy atom. The first-order valence-corrected chi connectivity index (χ1v) is 9.33. The van der Waals surface area contributed by atoms with Crippen LogP contribution in [0.2, 0.25) is 0 Å². The Bertz CT molecular complexity index is 555. The highest BCUT2D eigenvalue weighted by atomic mass is 35.5. The lowest BCUT2D eigenvalue weighted by Gasteiger charge is -2.39. The Morgan fingerprint density at radius 3 is 1.83 bits per heavy atom. The van der Waals surface area contributed by atoms with E-state index in [1.165, 1.54) is 0 Å². The molecule has 3 rings (SSSR count). The Labute approximate surface area is 152 Å². The lowest BCUT2D eigenvalue weighted by atomic mass is 9.92. The van der Waals surface area contributed by atoms with Crippen molar-refractivity contribution in [1.29, 1.82) is 0 Å². The predicted octanol–water partition coefficient (Wildman–Crippen LogP) is 0.126. The number of hydrogen-bond acceptors (Lipinski definition) is 6. The summed E-state index contributed by atoms with van der Waals surface area (Å²) in [6.45, 7) is 7.92. The van der Waals surface area contributed by atoms with E-state index in [1.54, 1.807) is 27.7 Å². The van der Waals surface area contributed by atoms with Crippen molar-refractivity contribution in [3.05, 3.63) is 0 Å². The van der Waals surface area contributed by atoms with Crippen molar-refractivity contribution < 1.29 is 25.2 Å². The first-order chi connectivity index (χ1) is 10.8. The van der Waals surface area contributed by atoms with Crippen molar-refractivity contribution in [2.24, 2.45) is 10.8 Å². The number of ether oxygens (including phenoxy) is 1. The van der Waals surface area contributed by atoms with Gasteiger partial charge in [0.25, 0.3) is 0 Å². The topological polar surface area (TPSA) is 93.4 Å². The van der Waals surface area contributed by atoms with Gasteiger partial charge in [-0.3, -0.25) is 4.90 Å². The van der Waals surface area contributed by atoms with E-state index in [0.29, 0.717) is 24.8 Å². The molecule has 0 aromatic carbocycles. The van der Waals surface area contributed by atoms with Gasteiger partial charge in [0, 0.05) is 36.8 Å². The molecule has 2 saturated carbocycles. The summed E-state index contributed by atoms with van der Waals surface area (Å²) in [4.78, 5) is 1.92. The number of rotatable bonds is 6. The molecule has 1 saturated heterocycles. The van der Waals surface area contributed by atoms with Crippen molar-refractivity contribution in [1.82, 2.24) is 4.90 Å². The van der Waals surface area contributed by atoms with Crippen LogP contribution < -0.4 is 0 Å². The molecule has 1 aliphatic heterocycles. The van der Waals surface area contributed by atoms with Gasteiger partial charge in [0.05, 0.1) is 5.41 Å². The zero-order valence-electron chi connectivity index (χ0n) is 14.5. The molecular formula is C16H27Cl2NO5. The van der Waals surface area contributed by atoms with Crippen molar-refractivity contribution in [2.45, 2.75) is 56.4 Å². The van der Waals surface area contributed by atoms with Gasteiger partial charge in [-0.1, -0.05) is 27.7 Å². The molecule has 140 valence electrons. The summed E-state index contributed by atoms with van der Waals surface area (Å²) in [7, 11) is 0. The van der Waals surface area contributed by atoms with Crippen molar-refractivity contribution in [3.8, 4) is 0 Å². The molecule has 0 radical (unpaired) electrons. The van der Waals surface area contributed by atoms with Gasteiger partial charge >= 0.3 is 0 Å². The van der Waals surface area contributed by atoms with E-state index in [2.05, 4.69) is 0 Å². The van der Waals surface area contributed by atoms with Gasteiger partial charge in [0.15, 0.2) is 5.60 Å². The van der Waals surface area contributed by atoms with E-state index in [9.17, 15) is 20.4 Å². The second kappa shape index (κ2) is 4.98. The maximum atomic E-state index is 11.3. The zero-order valence-corrected chi connectivity index (χ0v) is 16.0. The highest BCUT2D eigenvalue weighted by Crippen LogP contribution is 2.86. The summed E-state index contributed by atoms with van der Waals surface area (Å²) in [5.41, 5.74) is -7.60. The number of nitrogens with zero attached hydrogens (tertiary/aromatic N) is 1. The zero-order chi connectivity index (χ0) is 18.4. The first kappa shape index (κ1) is 19.1. The molecule has 0 amide bonds. The minimum atomic E-state index is -1.93. The third-order valence-corrected chi connectivity index (χ3v) is 7.39. The van der Waals surface area contributed by atoms with Crippen molar-refractivity contribution in [2.75, 3.05) is 31.4 Å². The van der Waals surface area contributed by atoms with E-state index >= 15 is 0 Å². The number of hydrogen-bond donors (Lipinski definition) is 4. The molecule has 0 aromatic rings. The number of alkyl halides is 2. The first-order valence-electron chi connectivity index (χ1n) is 8.26. The maximum absolute atomic E-state index is 11.3. The van der Waals surface area contributed by atoms with E-state index < -0.39 is 39.5 Å². The third-order valence-electron chi connectivity index (χ3n) is 7.05. The minimum absolute atomic E-state index is 0.246. The average Bonchev–Trinajstić information content (AvgIpc) is 3.03. The second-order valence-electron chi connectivity index (χ2n) is 8.37. The lowest BCUT2D eigenvalue weighted by Crippen LogP contribution is -2.60. The molecule has 1 heterocycles. The molecule has 3 aliphatic rings. The van der Waals surface area contributed by atoms with Crippen LogP contribution in [0.5, 0.6) is 0 Å². The molecule has 8 heteroatoms. The van der Waals surface area contributed by atoms with Crippen molar-refractivity contribution in [3.63, 3.8) is 0 Å². The summed E-state index contributed by atoms with van der Waals surface area (Å²) < 4.78 is 5.81. The van der Waals surface area contributed by atoms with Crippen LogP contribution in [0.4, 0.5) is 0 Å². The summed E-state index contributed by atoms with van der Waals surface area (Å²) in [5.74, 6) is -1.14. The summed E-state index contributed by atoms with van der Waals surface area (Å²) >= 11 is 11.6. The Morgan fingerprint density at radius 2 is 1.38 bits per heavy atom. The van der Waals surface area contributed by atoms with Crippen LogP contribution in [-0.2, 0) is 4.74 Å². The highest BCUT2D eigenvalue weighted by Gasteiger charge is 3.08. The average molecular weight is 384 g/mol. The van der Waals surface area contributed by atoms with E-state index in [4.69, 9.17) is 27.9 Å². The van der Waals surface area contributed by atoms with Crippen LogP contribution >= 0.6 is 23.2 Å². The summed E-state index contributed by atoms with van der Waals surface area (Å²) in [6.07, 6.45) is -0.879. The molecule has 0 unspecified atom stereocenters. The lowest BCUT2D eigenvalue weighted by molar-refractivity contribution is -0.287.